The molecule has 2 aromatic rings. The summed E-state index contributed by atoms with van der Waals surface area (Å²) in [5, 5.41) is 22.9. The summed E-state index contributed by atoms with van der Waals surface area (Å²) in [5.41, 5.74) is 4.28. The van der Waals surface area contributed by atoms with Gasteiger partial charge in [-0.2, -0.15) is 5.26 Å². The highest BCUT2D eigenvalue weighted by Gasteiger charge is 2.42. The lowest BCUT2D eigenvalue weighted by Gasteiger charge is -2.43. The van der Waals surface area contributed by atoms with Crippen molar-refractivity contribution in [3.8, 4) is 6.07 Å². The number of aliphatic hydroxyl groups excluding tert-OH is 1. The van der Waals surface area contributed by atoms with Crippen molar-refractivity contribution in [3.63, 3.8) is 0 Å². The lowest BCUT2D eigenvalue weighted by Crippen LogP contribution is -2.56. The van der Waals surface area contributed by atoms with Crippen LogP contribution in [0, 0.1) is 24.2 Å². The third-order valence-electron chi connectivity index (χ3n) is 7.34. The van der Waals surface area contributed by atoms with Crippen molar-refractivity contribution < 1.29 is 9.90 Å². The third kappa shape index (κ3) is 4.73. The summed E-state index contributed by atoms with van der Waals surface area (Å²) in [5.74, 6) is 2.30. The second-order valence-electron chi connectivity index (χ2n) is 9.80. The van der Waals surface area contributed by atoms with Crippen LogP contribution in [0.2, 0.25) is 0 Å². The minimum Gasteiger partial charge on any atom is -0.396 e. The van der Waals surface area contributed by atoms with Gasteiger partial charge in [0.1, 0.15) is 17.7 Å². The molecular formula is C27H32N6O2. The maximum absolute atomic E-state index is 12.6. The lowest BCUT2D eigenvalue weighted by molar-refractivity contribution is -0.135. The van der Waals surface area contributed by atoms with E-state index < -0.39 is 0 Å². The molecule has 1 atom stereocenters. The van der Waals surface area contributed by atoms with E-state index in [-0.39, 0.29) is 25.0 Å². The Morgan fingerprint density at radius 3 is 2.80 bits per heavy atom. The van der Waals surface area contributed by atoms with Crippen LogP contribution in [0.1, 0.15) is 60.4 Å². The molecule has 2 aromatic heterocycles. The second-order valence-corrected chi connectivity index (χ2v) is 9.80. The third-order valence-corrected chi connectivity index (χ3v) is 7.34. The van der Waals surface area contributed by atoms with Gasteiger partial charge in [-0.3, -0.25) is 4.79 Å². The van der Waals surface area contributed by atoms with Crippen LogP contribution in [0.5, 0.6) is 0 Å². The molecule has 0 bridgehead atoms. The summed E-state index contributed by atoms with van der Waals surface area (Å²) < 4.78 is 0. The van der Waals surface area contributed by atoms with Crippen LogP contribution in [0.3, 0.4) is 0 Å². The number of hydrogen-bond donors (Lipinski definition) is 2. The normalized spacial score (nSPS) is 19.9. The van der Waals surface area contributed by atoms with Crippen LogP contribution in [0.15, 0.2) is 24.9 Å². The van der Waals surface area contributed by atoms with Gasteiger partial charge in [-0.1, -0.05) is 12.7 Å². The lowest BCUT2D eigenvalue weighted by atomic mass is 10.0. The van der Waals surface area contributed by atoms with Gasteiger partial charge in [0.2, 0.25) is 5.91 Å². The van der Waals surface area contributed by atoms with Crippen molar-refractivity contribution in [2.45, 2.75) is 51.0 Å². The molecule has 1 amide bonds. The van der Waals surface area contributed by atoms with Gasteiger partial charge < -0.3 is 20.2 Å². The Hall–Kier alpha value is -3.44. The van der Waals surface area contributed by atoms with E-state index in [1.165, 1.54) is 0 Å². The van der Waals surface area contributed by atoms with Gasteiger partial charge in [0, 0.05) is 38.2 Å². The molecule has 1 saturated heterocycles. The number of pyridine rings is 2. The van der Waals surface area contributed by atoms with Gasteiger partial charge in [-0.15, -0.1) is 0 Å². The zero-order valence-electron chi connectivity index (χ0n) is 20.2. The Balaban J connectivity index is 1.49. The summed E-state index contributed by atoms with van der Waals surface area (Å²) >= 11 is 0. The predicted octanol–water partition coefficient (Wildman–Crippen LogP) is 3.73. The first-order valence-electron chi connectivity index (χ1n) is 12.5. The minimum absolute atomic E-state index is 0.0150. The van der Waals surface area contributed by atoms with Crippen LogP contribution in [0.25, 0.3) is 6.08 Å². The van der Waals surface area contributed by atoms with E-state index in [9.17, 15) is 15.2 Å². The highest BCUT2D eigenvalue weighted by Crippen LogP contribution is 2.46. The molecular weight excluding hydrogens is 440 g/mol. The molecule has 1 unspecified atom stereocenters. The fourth-order valence-electron chi connectivity index (χ4n) is 5.09. The molecule has 8 heteroatoms. The van der Waals surface area contributed by atoms with Crippen LogP contribution >= 0.6 is 0 Å². The average Bonchev–Trinajstić information content (AvgIpc) is 3.78. The number of aliphatic hydroxyl groups is 1. The summed E-state index contributed by atoms with van der Waals surface area (Å²) in [6.45, 7) is 7.58. The molecule has 35 heavy (non-hydrogen) atoms. The van der Waals surface area contributed by atoms with Crippen molar-refractivity contribution in [2.24, 2.45) is 5.92 Å². The summed E-state index contributed by atoms with van der Waals surface area (Å²) in [6.07, 6.45) is 8.09. The number of amides is 1. The molecule has 0 aromatic carbocycles. The van der Waals surface area contributed by atoms with E-state index >= 15 is 0 Å². The number of carbonyl (C=O) groups is 1. The molecule has 5 rings (SSSR count). The van der Waals surface area contributed by atoms with Crippen LogP contribution in [0.4, 0.5) is 17.3 Å². The van der Waals surface area contributed by atoms with E-state index in [1.54, 1.807) is 12.3 Å². The first-order chi connectivity index (χ1) is 17.0. The fraction of sp³-hybridized carbons (Fsp3) is 0.481. The van der Waals surface area contributed by atoms with Crippen molar-refractivity contribution >= 4 is 29.3 Å². The Kier molecular flexibility index (Phi) is 6.44. The number of nitrogens with zero attached hydrogens (tertiary/aromatic N) is 5. The van der Waals surface area contributed by atoms with E-state index in [1.807, 2.05) is 24.0 Å². The van der Waals surface area contributed by atoms with Crippen molar-refractivity contribution in [3.05, 3.63) is 47.3 Å². The van der Waals surface area contributed by atoms with Crippen LogP contribution in [-0.4, -0.2) is 58.2 Å². The molecule has 1 aliphatic heterocycles. The molecule has 2 N–H and O–H groups in total. The van der Waals surface area contributed by atoms with E-state index in [0.717, 1.165) is 54.0 Å². The van der Waals surface area contributed by atoms with Crippen LogP contribution < -0.4 is 10.2 Å². The topological polar surface area (TPSA) is 105 Å². The van der Waals surface area contributed by atoms with E-state index in [0.29, 0.717) is 42.9 Å². The van der Waals surface area contributed by atoms with Gasteiger partial charge in [-0.05, 0) is 61.8 Å². The quantitative estimate of drug-likeness (QED) is 0.603. The minimum atomic E-state index is -0.125. The molecule has 8 nitrogen and oxygen atoms in total. The first kappa shape index (κ1) is 23.3. The molecule has 182 valence electrons. The Bertz CT molecular complexity index is 1180. The van der Waals surface area contributed by atoms with Gasteiger partial charge in [-0.25, -0.2) is 9.97 Å². The molecule has 3 aliphatic rings. The number of piperazine rings is 1. The Morgan fingerprint density at radius 1 is 1.34 bits per heavy atom. The highest BCUT2D eigenvalue weighted by molar-refractivity contribution is 5.78. The largest absolute Gasteiger partial charge is 0.396 e. The number of nitrogens with one attached hydrogen (secondary N) is 1. The maximum atomic E-state index is 12.6. The van der Waals surface area contributed by atoms with Crippen molar-refractivity contribution in [1.82, 2.24) is 14.9 Å². The number of nitriles is 1. The highest BCUT2D eigenvalue weighted by atomic mass is 16.3. The number of hydrogen-bond acceptors (Lipinski definition) is 7. The number of rotatable bonds is 8. The van der Waals surface area contributed by atoms with Gasteiger partial charge in [0.25, 0.3) is 0 Å². The van der Waals surface area contributed by atoms with Crippen LogP contribution in [-0.2, 0) is 4.79 Å². The summed E-state index contributed by atoms with van der Waals surface area (Å²) in [4.78, 5) is 26.3. The molecule has 2 aliphatic carbocycles. The van der Waals surface area contributed by atoms with E-state index in [2.05, 4.69) is 27.8 Å². The average molecular weight is 473 g/mol. The Labute approximate surface area is 206 Å². The predicted molar refractivity (Wildman–Crippen MR) is 135 cm³/mol. The molecule has 2 saturated carbocycles. The zero-order chi connectivity index (χ0) is 24.5. The molecule has 0 spiro atoms. The molecule has 3 fully saturated rings. The number of aromatic nitrogens is 2. The smallest absolute Gasteiger partial charge is 0.225 e. The first-order valence-corrected chi connectivity index (χ1v) is 12.5. The van der Waals surface area contributed by atoms with Crippen molar-refractivity contribution in [2.75, 3.05) is 36.5 Å². The zero-order valence-corrected chi connectivity index (χ0v) is 20.2. The number of carbonyl (C=O) groups excluding carboxylic acids is 1. The van der Waals surface area contributed by atoms with Gasteiger partial charge in [0.05, 0.1) is 29.6 Å². The maximum Gasteiger partial charge on any atom is 0.225 e. The fourth-order valence-corrected chi connectivity index (χ4v) is 5.09. The van der Waals surface area contributed by atoms with Gasteiger partial charge in [0.15, 0.2) is 0 Å². The van der Waals surface area contributed by atoms with E-state index in [4.69, 9.17) is 4.98 Å². The summed E-state index contributed by atoms with van der Waals surface area (Å²) in [7, 11) is 0. The van der Waals surface area contributed by atoms with Crippen molar-refractivity contribution in [1.29, 1.82) is 5.26 Å². The summed E-state index contributed by atoms with van der Waals surface area (Å²) in [6, 6.07) is 6.35. The SMILES string of the molecule is C=Cc1ccnc(Nc2c(C3CC3)nc(N3CCN(C(=O)CCO)C(C4CC4)C3)c(C#N)c2C)c1. The Morgan fingerprint density at radius 2 is 2.14 bits per heavy atom. The number of anilines is 3. The molecule has 3 heterocycles. The monoisotopic (exact) mass is 472 g/mol. The van der Waals surface area contributed by atoms with Gasteiger partial charge >= 0.3 is 0 Å². The molecule has 0 radical (unpaired) electrons. The standard InChI is InChI=1S/C27H32N6O2/c1-3-18-8-10-29-23(14-18)30-25-17(2)21(15-28)27(31-26(25)20-6-7-20)32-11-12-33(24(35)9-13-34)22(16-32)19-4-5-19/h3,8,10,14,19-20,22,34H,1,4-7,9,11-13,16H2,2H3,(H,29,30). The second kappa shape index (κ2) is 9.67.